The molecule has 210 valence electrons. The number of benzene rings is 2. The maximum Gasteiger partial charge on any atom is 0.395 e. The van der Waals surface area contributed by atoms with E-state index in [0.29, 0.717) is 56.3 Å². The van der Waals surface area contributed by atoms with Gasteiger partial charge in [-0.05, 0) is 86.9 Å². The largest absolute Gasteiger partial charge is 0.493 e. The number of alkyl halides is 3. The summed E-state index contributed by atoms with van der Waals surface area (Å²) in [6.45, 7) is 2.49. The van der Waals surface area contributed by atoms with E-state index in [2.05, 4.69) is 0 Å². The fourth-order valence-electron chi connectivity index (χ4n) is 6.20. The second kappa shape index (κ2) is 11.2. The number of piperidine rings is 1. The van der Waals surface area contributed by atoms with Gasteiger partial charge in [-0.15, -0.1) is 0 Å². The summed E-state index contributed by atoms with van der Waals surface area (Å²) < 4.78 is 46.6. The van der Waals surface area contributed by atoms with Gasteiger partial charge in [-0.2, -0.15) is 13.2 Å². The molecule has 2 aliphatic heterocycles. The molecule has 2 aromatic rings. The van der Waals surface area contributed by atoms with Crippen LogP contribution in [0.4, 0.5) is 13.2 Å². The molecule has 1 aliphatic carbocycles. The number of nitrogens with two attached hydrogens (primary N) is 1. The van der Waals surface area contributed by atoms with Crippen molar-refractivity contribution in [2.75, 3.05) is 32.8 Å². The molecule has 2 N–H and O–H groups in total. The zero-order valence-corrected chi connectivity index (χ0v) is 22.1. The van der Waals surface area contributed by atoms with Gasteiger partial charge in [0.15, 0.2) is 0 Å². The molecular weight excluding hydrogens is 507 g/mol. The Balaban J connectivity index is 1.16. The first-order valence-electron chi connectivity index (χ1n) is 13.9. The van der Waals surface area contributed by atoms with Crippen LogP contribution in [0.15, 0.2) is 48.5 Å². The predicted molar refractivity (Wildman–Crippen MR) is 142 cm³/mol. The summed E-state index contributed by atoms with van der Waals surface area (Å²) in [7, 11) is 0. The zero-order valence-electron chi connectivity index (χ0n) is 22.1. The Hall–Kier alpha value is -3.07. The Morgan fingerprint density at radius 2 is 1.64 bits per heavy atom. The molecule has 1 unspecified atom stereocenters. The van der Waals surface area contributed by atoms with Crippen LogP contribution in [0, 0.1) is 11.3 Å². The van der Waals surface area contributed by atoms with Crippen molar-refractivity contribution in [2.45, 2.75) is 57.2 Å². The van der Waals surface area contributed by atoms with Crippen LogP contribution in [0.5, 0.6) is 5.75 Å². The standard InChI is InChI=1S/C30H36F3N3O3/c31-30(32,33)29(14-4-15-29)20-35-17-12-21(13-18-35)19-39-23-10-8-22(9-11-23)24-5-1-2-6-25(24)28(38)36-16-3-7-26(36)27(34)37/h1-2,5-6,8-11,21,26H,3-4,7,12-20H2,(H2,34,37). The van der Waals surface area contributed by atoms with Gasteiger partial charge in [0.25, 0.3) is 5.91 Å². The average molecular weight is 544 g/mol. The van der Waals surface area contributed by atoms with E-state index in [1.807, 2.05) is 47.4 Å². The quantitative estimate of drug-likeness (QED) is 0.493. The van der Waals surface area contributed by atoms with Crippen LogP contribution in [-0.2, 0) is 4.79 Å². The van der Waals surface area contributed by atoms with Gasteiger partial charge in [0.05, 0.1) is 12.0 Å². The highest BCUT2D eigenvalue weighted by molar-refractivity contribution is 6.03. The highest BCUT2D eigenvalue weighted by Gasteiger charge is 2.58. The molecular formula is C30H36F3N3O3. The highest BCUT2D eigenvalue weighted by Crippen LogP contribution is 2.53. The van der Waals surface area contributed by atoms with E-state index in [9.17, 15) is 22.8 Å². The van der Waals surface area contributed by atoms with Gasteiger partial charge in [-0.25, -0.2) is 0 Å². The summed E-state index contributed by atoms with van der Waals surface area (Å²) in [5.41, 5.74) is 6.19. The molecule has 2 aromatic carbocycles. The topological polar surface area (TPSA) is 75.9 Å². The number of carbonyl (C=O) groups excluding carboxylic acids is 2. The number of primary amides is 1. The molecule has 1 saturated carbocycles. The Morgan fingerprint density at radius 3 is 2.26 bits per heavy atom. The van der Waals surface area contributed by atoms with Gasteiger partial charge in [0.2, 0.25) is 5.91 Å². The smallest absolute Gasteiger partial charge is 0.395 e. The molecule has 0 aromatic heterocycles. The lowest BCUT2D eigenvalue weighted by molar-refractivity contribution is -0.256. The lowest BCUT2D eigenvalue weighted by atomic mass is 9.67. The molecule has 6 nitrogen and oxygen atoms in total. The van der Waals surface area contributed by atoms with Crippen LogP contribution in [0.3, 0.4) is 0 Å². The molecule has 2 saturated heterocycles. The number of amides is 2. The lowest BCUT2D eigenvalue weighted by Crippen LogP contribution is -2.53. The van der Waals surface area contributed by atoms with Crippen molar-refractivity contribution in [1.29, 1.82) is 0 Å². The third-order valence-corrected chi connectivity index (χ3v) is 8.80. The van der Waals surface area contributed by atoms with E-state index in [0.717, 1.165) is 30.4 Å². The van der Waals surface area contributed by atoms with Crippen LogP contribution >= 0.6 is 0 Å². The number of ether oxygens (including phenoxy) is 1. The third-order valence-electron chi connectivity index (χ3n) is 8.80. The molecule has 9 heteroatoms. The van der Waals surface area contributed by atoms with Gasteiger partial charge >= 0.3 is 6.18 Å². The van der Waals surface area contributed by atoms with Crippen molar-refractivity contribution in [3.8, 4) is 16.9 Å². The van der Waals surface area contributed by atoms with Crippen molar-refractivity contribution in [3.63, 3.8) is 0 Å². The Bertz CT molecular complexity index is 1170. The van der Waals surface area contributed by atoms with Gasteiger partial charge in [0.1, 0.15) is 11.8 Å². The molecule has 2 amide bonds. The average Bonchev–Trinajstić information content (AvgIpc) is 3.40. The molecule has 1 atom stereocenters. The minimum atomic E-state index is -4.12. The van der Waals surface area contributed by atoms with Crippen LogP contribution in [0.25, 0.3) is 11.1 Å². The SMILES string of the molecule is NC(=O)C1CCCN1C(=O)c1ccccc1-c1ccc(OCC2CCN(CC3(C(F)(F)F)CCC3)CC2)cc1. The first-order valence-corrected chi connectivity index (χ1v) is 13.9. The van der Waals surface area contributed by atoms with Crippen LogP contribution in [0.2, 0.25) is 0 Å². The number of nitrogens with zero attached hydrogens (tertiary/aromatic N) is 2. The summed E-state index contributed by atoms with van der Waals surface area (Å²) in [5.74, 6) is 0.344. The van der Waals surface area contributed by atoms with Crippen LogP contribution in [-0.4, -0.2) is 66.6 Å². The van der Waals surface area contributed by atoms with Crippen molar-refractivity contribution in [3.05, 3.63) is 54.1 Å². The summed E-state index contributed by atoms with van der Waals surface area (Å²) in [6.07, 6.45) is 0.0305. The normalized spacial score (nSPS) is 21.9. The van der Waals surface area contributed by atoms with E-state index in [1.165, 1.54) is 0 Å². The summed E-state index contributed by atoms with van der Waals surface area (Å²) in [4.78, 5) is 28.7. The van der Waals surface area contributed by atoms with Gasteiger partial charge < -0.3 is 20.3 Å². The second-order valence-corrected chi connectivity index (χ2v) is 11.3. The first-order chi connectivity index (χ1) is 18.7. The molecule has 5 rings (SSSR count). The number of hydrogen-bond donors (Lipinski definition) is 1. The number of hydrogen-bond acceptors (Lipinski definition) is 4. The summed E-state index contributed by atoms with van der Waals surface area (Å²) in [6, 6.07) is 14.3. The first kappa shape index (κ1) is 27.5. The van der Waals surface area contributed by atoms with Gasteiger partial charge in [0, 0.05) is 18.7 Å². The molecule has 3 fully saturated rings. The van der Waals surface area contributed by atoms with Crippen molar-refractivity contribution in [2.24, 2.45) is 17.1 Å². The zero-order chi connectivity index (χ0) is 27.6. The molecule has 0 bridgehead atoms. The Morgan fingerprint density at radius 1 is 0.949 bits per heavy atom. The highest BCUT2D eigenvalue weighted by atomic mass is 19.4. The molecule has 3 aliphatic rings. The van der Waals surface area contributed by atoms with Crippen LogP contribution in [0.1, 0.15) is 55.3 Å². The monoisotopic (exact) mass is 543 g/mol. The second-order valence-electron chi connectivity index (χ2n) is 11.3. The summed E-state index contributed by atoms with van der Waals surface area (Å²) in [5, 5.41) is 0. The maximum absolute atomic E-state index is 13.5. The molecule has 39 heavy (non-hydrogen) atoms. The number of likely N-dealkylation sites (tertiary alicyclic amines) is 2. The fourth-order valence-corrected chi connectivity index (χ4v) is 6.20. The van der Waals surface area contributed by atoms with E-state index in [1.54, 1.807) is 11.0 Å². The minimum Gasteiger partial charge on any atom is -0.493 e. The van der Waals surface area contributed by atoms with Crippen molar-refractivity contribution >= 4 is 11.8 Å². The maximum atomic E-state index is 13.5. The Labute approximate surface area is 227 Å². The van der Waals surface area contributed by atoms with Crippen LogP contribution < -0.4 is 10.5 Å². The number of carbonyl (C=O) groups is 2. The van der Waals surface area contributed by atoms with Gasteiger partial charge in [-0.1, -0.05) is 36.8 Å². The van der Waals surface area contributed by atoms with E-state index in [4.69, 9.17) is 10.5 Å². The van der Waals surface area contributed by atoms with Crippen molar-refractivity contribution in [1.82, 2.24) is 9.80 Å². The lowest BCUT2D eigenvalue weighted by Gasteiger charge is -2.47. The minimum absolute atomic E-state index is 0.121. The van der Waals surface area contributed by atoms with E-state index in [-0.39, 0.29) is 25.3 Å². The fraction of sp³-hybridized carbons (Fsp3) is 0.533. The number of rotatable bonds is 8. The third kappa shape index (κ3) is 5.78. The predicted octanol–water partition coefficient (Wildman–Crippen LogP) is 5.27. The number of halogens is 3. The van der Waals surface area contributed by atoms with E-state index < -0.39 is 23.5 Å². The van der Waals surface area contributed by atoms with Gasteiger partial charge in [-0.3, -0.25) is 9.59 Å². The van der Waals surface area contributed by atoms with E-state index >= 15 is 0 Å². The molecule has 0 spiro atoms. The Kier molecular flexibility index (Phi) is 7.89. The van der Waals surface area contributed by atoms with Crippen molar-refractivity contribution < 1.29 is 27.5 Å². The molecule has 2 heterocycles. The summed E-state index contributed by atoms with van der Waals surface area (Å²) >= 11 is 0. The molecule has 0 radical (unpaired) electrons.